The molecular formula is C29H29ClN8O2. The molecule has 2 atom stereocenters. The molecule has 2 unspecified atom stereocenters. The first kappa shape index (κ1) is 27.0. The molecule has 1 amide bonds. The van der Waals surface area contributed by atoms with Gasteiger partial charge in [-0.25, -0.2) is 4.98 Å². The molecule has 11 heteroatoms. The van der Waals surface area contributed by atoms with Crippen molar-refractivity contribution in [2.75, 3.05) is 7.05 Å². The largest absolute Gasteiger partial charge is 0.386 e. The fourth-order valence-electron chi connectivity index (χ4n) is 4.99. The zero-order valence-corrected chi connectivity index (χ0v) is 22.9. The van der Waals surface area contributed by atoms with Gasteiger partial charge in [0.05, 0.1) is 41.3 Å². The van der Waals surface area contributed by atoms with E-state index in [0.717, 1.165) is 28.5 Å². The summed E-state index contributed by atoms with van der Waals surface area (Å²) in [6, 6.07) is 10.2. The number of nitrogens with one attached hydrogen (secondary N) is 4. The van der Waals surface area contributed by atoms with Gasteiger partial charge in [0.25, 0.3) is 5.56 Å². The van der Waals surface area contributed by atoms with E-state index in [4.69, 9.17) is 17.0 Å². The number of hydrogen-bond acceptors (Lipinski definition) is 7. The van der Waals surface area contributed by atoms with E-state index in [9.17, 15) is 9.59 Å². The summed E-state index contributed by atoms with van der Waals surface area (Å²) in [5.74, 6) is -0.434. The van der Waals surface area contributed by atoms with E-state index in [1.165, 1.54) is 6.07 Å². The molecule has 40 heavy (non-hydrogen) atoms. The maximum Gasteiger partial charge on any atom is 0.254 e. The van der Waals surface area contributed by atoms with Crippen LogP contribution < -0.4 is 16.2 Å². The lowest BCUT2D eigenvalue weighted by atomic mass is 9.96. The van der Waals surface area contributed by atoms with E-state index in [-0.39, 0.29) is 17.4 Å². The van der Waals surface area contributed by atoms with Crippen LogP contribution in [0, 0.1) is 11.3 Å². The summed E-state index contributed by atoms with van der Waals surface area (Å²) in [5.41, 5.74) is 5.08. The normalized spacial score (nSPS) is 19.7. The van der Waals surface area contributed by atoms with Gasteiger partial charge in [0, 0.05) is 59.4 Å². The highest BCUT2D eigenvalue weighted by atomic mass is 35.5. The number of carbonyl (C=O) groups excluding carboxylic acids is 1. The van der Waals surface area contributed by atoms with Gasteiger partial charge in [-0.2, -0.15) is 5.10 Å². The predicted molar refractivity (Wildman–Crippen MR) is 155 cm³/mol. The lowest BCUT2D eigenvalue weighted by Gasteiger charge is -2.23. The number of hydrogen-bond donors (Lipinski definition) is 4. The Morgan fingerprint density at radius 2 is 1.95 bits per heavy atom. The average Bonchev–Trinajstić information content (AvgIpc) is 3.50. The van der Waals surface area contributed by atoms with Gasteiger partial charge < -0.3 is 16.0 Å². The molecule has 0 saturated carbocycles. The van der Waals surface area contributed by atoms with E-state index in [0.29, 0.717) is 47.1 Å². The quantitative estimate of drug-likeness (QED) is 0.268. The van der Waals surface area contributed by atoms with Crippen LogP contribution in [0.3, 0.4) is 0 Å². The Kier molecular flexibility index (Phi) is 7.88. The Labute approximate surface area is 236 Å². The summed E-state index contributed by atoms with van der Waals surface area (Å²) in [7, 11) is 1.73. The smallest absolute Gasteiger partial charge is 0.254 e. The standard InChI is InChI=1S/C29H29ClN8O2/c1-17-4-3-5-26(24-10-18(8-9-33-24)28(32-2)25(13-31)37-29(17)40)38-16-34-23(12-27(38)39)22-11-20(30)6-7-21(22)19-14-35-36-15-19/h6-17,26,31-32H,3-5H2,1-2H3,(H,35,36)(H,37,40)/b28-25+,31-13?. The molecule has 4 heterocycles. The first-order valence-electron chi connectivity index (χ1n) is 13.0. The van der Waals surface area contributed by atoms with Crippen LogP contribution in [0.15, 0.2) is 71.8 Å². The zero-order chi connectivity index (χ0) is 28.2. The van der Waals surface area contributed by atoms with Gasteiger partial charge in [0.15, 0.2) is 0 Å². The van der Waals surface area contributed by atoms with Crippen molar-refractivity contribution in [1.29, 1.82) is 5.41 Å². The second kappa shape index (κ2) is 11.7. The summed E-state index contributed by atoms with van der Waals surface area (Å²) >= 11 is 6.32. The van der Waals surface area contributed by atoms with Crippen LogP contribution in [-0.4, -0.2) is 43.9 Å². The van der Waals surface area contributed by atoms with Crippen LogP contribution in [0.1, 0.15) is 43.5 Å². The van der Waals surface area contributed by atoms with Crippen LogP contribution in [0.5, 0.6) is 0 Å². The Balaban J connectivity index is 1.60. The van der Waals surface area contributed by atoms with Crippen LogP contribution in [0.4, 0.5) is 0 Å². The van der Waals surface area contributed by atoms with Crippen molar-refractivity contribution < 1.29 is 4.79 Å². The molecule has 3 aromatic heterocycles. The number of halogens is 1. The number of amides is 1. The van der Waals surface area contributed by atoms with Gasteiger partial charge >= 0.3 is 0 Å². The summed E-state index contributed by atoms with van der Waals surface area (Å²) in [6.45, 7) is 1.86. The highest BCUT2D eigenvalue weighted by Gasteiger charge is 2.23. The molecule has 0 radical (unpaired) electrons. The average molecular weight is 557 g/mol. The number of nitrogens with zero attached hydrogens (tertiary/aromatic N) is 4. The van der Waals surface area contributed by atoms with Crippen LogP contribution in [0.2, 0.25) is 5.02 Å². The molecule has 0 aliphatic carbocycles. The number of fused-ring (bicyclic) bond motifs is 2. The monoisotopic (exact) mass is 556 g/mol. The van der Waals surface area contributed by atoms with Crippen molar-refractivity contribution in [3.05, 3.63) is 93.6 Å². The minimum atomic E-state index is -0.405. The van der Waals surface area contributed by atoms with Crippen molar-refractivity contribution >= 4 is 29.4 Å². The fourth-order valence-corrected chi connectivity index (χ4v) is 5.17. The number of aromatic nitrogens is 5. The third-order valence-corrected chi connectivity index (χ3v) is 7.37. The molecule has 1 aliphatic rings. The van der Waals surface area contributed by atoms with Gasteiger partial charge in [-0.05, 0) is 42.7 Å². The van der Waals surface area contributed by atoms with Crippen molar-refractivity contribution in [3.8, 4) is 22.4 Å². The lowest BCUT2D eigenvalue weighted by molar-refractivity contribution is -0.123. The number of H-pyrrole nitrogens is 1. The Hall–Kier alpha value is -4.57. The number of allylic oxidation sites excluding steroid dienone is 1. The maximum absolute atomic E-state index is 13.6. The minimum absolute atomic E-state index is 0.157. The minimum Gasteiger partial charge on any atom is -0.386 e. The lowest BCUT2D eigenvalue weighted by Crippen LogP contribution is -2.32. The van der Waals surface area contributed by atoms with Gasteiger partial charge in [-0.15, -0.1) is 0 Å². The van der Waals surface area contributed by atoms with E-state index in [2.05, 4.69) is 30.8 Å². The van der Waals surface area contributed by atoms with Crippen molar-refractivity contribution in [2.45, 2.75) is 32.2 Å². The Morgan fingerprint density at radius 3 is 2.67 bits per heavy atom. The molecule has 4 N–H and O–H groups in total. The number of pyridine rings is 1. The van der Waals surface area contributed by atoms with Gasteiger partial charge in [-0.3, -0.25) is 24.2 Å². The molecule has 1 aliphatic heterocycles. The molecule has 204 valence electrons. The second-order valence-corrected chi connectivity index (χ2v) is 10.1. The van der Waals surface area contributed by atoms with E-state index in [1.54, 1.807) is 54.7 Å². The predicted octanol–water partition coefficient (Wildman–Crippen LogP) is 4.41. The van der Waals surface area contributed by atoms with Crippen LogP contribution in [-0.2, 0) is 4.79 Å². The first-order chi connectivity index (χ1) is 19.4. The molecule has 2 bridgehead atoms. The Morgan fingerprint density at radius 1 is 1.10 bits per heavy atom. The number of aromatic amines is 1. The van der Waals surface area contributed by atoms with Crippen molar-refractivity contribution in [3.63, 3.8) is 0 Å². The fraction of sp³-hybridized carbons (Fsp3) is 0.241. The number of carbonyl (C=O) groups is 1. The van der Waals surface area contributed by atoms with Gasteiger partial charge in [0.2, 0.25) is 5.91 Å². The zero-order valence-electron chi connectivity index (χ0n) is 22.1. The number of rotatable bonds is 5. The summed E-state index contributed by atoms with van der Waals surface area (Å²) in [5, 5.41) is 21.3. The molecule has 1 aromatic carbocycles. The summed E-state index contributed by atoms with van der Waals surface area (Å²) < 4.78 is 1.59. The van der Waals surface area contributed by atoms with Crippen LogP contribution in [0.25, 0.3) is 28.1 Å². The summed E-state index contributed by atoms with van der Waals surface area (Å²) in [6.07, 6.45) is 9.70. The maximum atomic E-state index is 13.6. The first-order valence-corrected chi connectivity index (χ1v) is 13.3. The molecular weight excluding hydrogens is 528 g/mol. The molecule has 0 fully saturated rings. The van der Waals surface area contributed by atoms with Crippen molar-refractivity contribution in [1.82, 2.24) is 35.4 Å². The third-order valence-electron chi connectivity index (χ3n) is 7.13. The SMILES string of the molecule is CN/C1=C(\C=N)NC(=O)C(C)CCCC(n2cnc(-c3cc(Cl)ccc3-c3cn[nH]c3)cc2=O)c2cc1ccn2. The van der Waals surface area contributed by atoms with E-state index >= 15 is 0 Å². The van der Waals surface area contributed by atoms with E-state index < -0.39 is 6.04 Å². The number of benzene rings is 1. The third kappa shape index (κ3) is 5.43. The molecule has 4 aromatic rings. The molecule has 0 spiro atoms. The van der Waals surface area contributed by atoms with Crippen molar-refractivity contribution in [2.24, 2.45) is 5.92 Å². The molecule has 5 rings (SSSR count). The highest BCUT2D eigenvalue weighted by molar-refractivity contribution is 6.31. The van der Waals surface area contributed by atoms with Crippen LogP contribution >= 0.6 is 11.6 Å². The summed E-state index contributed by atoms with van der Waals surface area (Å²) in [4.78, 5) is 35.8. The molecule has 10 nitrogen and oxygen atoms in total. The molecule has 0 saturated heterocycles. The second-order valence-electron chi connectivity index (χ2n) is 9.69. The van der Waals surface area contributed by atoms with Gasteiger partial charge in [-0.1, -0.05) is 31.0 Å². The topological polar surface area (TPSA) is 141 Å². The highest BCUT2D eigenvalue weighted by Crippen LogP contribution is 2.33. The van der Waals surface area contributed by atoms with E-state index in [1.807, 2.05) is 19.1 Å². The Bertz CT molecular complexity index is 1640. The van der Waals surface area contributed by atoms with Gasteiger partial charge in [0.1, 0.15) is 0 Å².